The van der Waals surface area contributed by atoms with Gasteiger partial charge in [-0.1, -0.05) is 54.6 Å². The number of imidazole rings is 1. The van der Waals surface area contributed by atoms with Gasteiger partial charge >= 0.3 is 0 Å². The van der Waals surface area contributed by atoms with Crippen LogP contribution in [0.1, 0.15) is 18.5 Å². The van der Waals surface area contributed by atoms with Crippen LogP contribution in [-0.4, -0.2) is 19.5 Å². The van der Waals surface area contributed by atoms with Crippen molar-refractivity contribution in [3.05, 3.63) is 103 Å². The third-order valence-corrected chi connectivity index (χ3v) is 5.18. The second-order valence-corrected chi connectivity index (χ2v) is 7.33. The smallest absolute Gasteiger partial charge is 0.225 e. The summed E-state index contributed by atoms with van der Waals surface area (Å²) in [6.45, 7) is 2.06. The number of aromatic nitrogens is 4. The SMILES string of the molecule is C[C@H](Nc1nc(-c2cccc(F)c2)cc(-n2cnc3ccccc32)n1)c1ccccc1. The number of halogens is 1. The van der Waals surface area contributed by atoms with E-state index in [-0.39, 0.29) is 11.9 Å². The molecule has 0 bridgehead atoms. The molecule has 0 fully saturated rings. The van der Waals surface area contributed by atoms with Gasteiger partial charge in [0, 0.05) is 11.6 Å². The van der Waals surface area contributed by atoms with E-state index < -0.39 is 0 Å². The fourth-order valence-corrected chi connectivity index (χ4v) is 3.58. The maximum absolute atomic E-state index is 13.9. The molecular formula is C25H20FN5. The summed E-state index contributed by atoms with van der Waals surface area (Å²) in [4.78, 5) is 13.9. The van der Waals surface area contributed by atoms with E-state index in [4.69, 9.17) is 4.98 Å². The number of para-hydroxylation sites is 2. The lowest BCUT2D eigenvalue weighted by molar-refractivity contribution is 0.628. The van der Waals surface area contributed by atoms with Crippen molar-refractivity contribution in [2.45, 2.75) is 13.0 Å². The minimum atomic E-state index is -0.307. The first kappa shape index (κ1) is 18.9. The van der Waals surface area contributed by atoms with Gasteiger partial charge in [-0.25, -0.2) is 14.4 Å². The Morgan fingerprint density at radius 3 is 2.52 bits per heavy atom. The van der Waals surface area contributed by atoms with Crippen molar-refractivity contribution in [1.29, 1.82) is 0 Å². The molecule has 2 heterocycles. The van der Waals surface area contributed by atoms with E-state index in [1.165, 1.54) is 12.1 Å². The van der Waals surface area contributed by atoms with Crippen LogP contribution in [0, 0.1) is 5.82 Å². The lowest BCUT2D eigenvalue weighted by atomic mass is 10.1. The van der Waals surface area contributed by atoms with Crippen molar-refractivity contribution in [1.82, 2.24) is 19.5 Å². The van der Waals surface area contributed by atoms with Crippen LogP contribution < -0.4 is 5.32 Å². The third kappa shape index (κ3) is 3.88. The van der Waals surface area contributed by atoms with Crippen molar-refractivity contribution < 1.29 is 4.39 Å². The summed E-state index contributed by atoms with van der Waals surface area (Å²) in [6, 6.07) is 26.2. The highest BCUT2D eigenvalue weighted by Gasteiger charge is 2.13. The lowest BCUT2D eigenvalue weighted by Crippen LogP contribution is -2.11. The number of nitrogens with zero attached hydrogens (tertiary/aromatic N) is 4. The van der Waals surface area contributed by atoms with Gasteiger partial charge < -0.3 is 5.32 Å². The Balaban J connectivity index is 1.62. The molecule has 0 spiro atoms. The van der Waals surface area contributed by atoms with Crippen LogP contribution >= 0.6 is 0 Å². The first-order chi connectivity index (χ1) is 15.2. The molecule has 5 aromatic rings. The lowest BCUT2D eigenvalue weighted by Gasteiger charge is -2.16. The van der Waals surface area contributed by atoms with Crippen LogP contribution in [0.2, 0.25) is 0 Å². The van der Waals surface area contributed by atoms with Crippen LogP contribution in [-0.2, 0) is 0 Å². The van der Waals surface area contributed by atoms with E-state index in [0.29, 0.717) is 23.0 Å². The third-order valence-electron chi connectivity index (χ3n) is 5.18. The fraction of sp³-hybridized carbons (Fsp3) is 0.0800. The zero-order chi connectivity index (χ0) is 21.2. The summed E-state index contributed by atoms with van der Waals surface area (Å²) in [5.41, 5.74) is 4.25. The molecule has 5 nitrogen and oxygen atoms in total. The molecule has 3 aromatic carbocycles. The second-order valence-electron chi connectivity index (χ2n) is 7.33. The number of hydrogen-bond donors (Lipinski definition) is 1. The van der Waals surface area contributed by atoms with Crippen LogP contribution in [0.3, 0.4) is 0 Å². The van der Waals surface area contributed by atoms with Crippen molar-refractivity contribution in [3.8, 4) is 17.1 Å². The zero-order valence-electron chi connectivity index (χ0n) is 16.9. The Morgan fingerprint density at radius 1 is 0.871 bits per heavy atom. The molecule has 0 unspecified atom stereocenters. The average Bonchev–Trinajstić information content (AvgIpc) is 3.24. The Labute approximate surface area is 179 Å². The summed E-state index contributed by atoms with van der Waals surface area (Å²) in [5.74, 6) is 0.814. The number of benzene rings is 3. The molecule has 6 heteroatoms. The van der Waals surface area contributed by atoms with E-state index in [1.54, 1.807) is 12.4 Å². The molecule has 0 radical (unpaired) electrons. The molecule has 31 heavy (non-hydrogen) atoms. The molecule has 2 aromatic heterocycles. The summed E-state index contributed by atoms with van der Waals surface area (Å²) in [7, 11) is 0. The van der Waals surface area contributed by atoms with Crippen LogP contribution in [0.4, 0.5) is 10.3 Å². The highest BCUT2D eigenvalue weighted by molar-refractivity contribution is 5.77. The van der Waals surface area contributed by atoms with Crippen LogP contribution in [0.5, 0.6) is 0 Å². The van der Waals surface area contributed by atoms with Gasteiger partial charge in [-0.2, -0.15) is 4.98 Å². The number of anilines is 1. The first-order valence-electron chi connectivity index (χ1n) is 10.1. The number of nitrogens with one attached hydrogen (secondary N) is 1. The van der Waals surface area contributed by atoms with Gasteiger partial charge in [0.25, 0.3) is 0 Å². The van der Waals surface area contributed by atoms with Crippen molar-refractivity contribution in [3.63, 3.8) is 0 Å². The molecule has 152 valence electrons. The van der Waals surface area contributed by atoms with E-state index >= 15 is 0 Å². The largest absolute Gasteiger partial charge is 0.348 e. The van der Waals surface area contributed by atoms with E-state index in [9.17, 15) is 4.39 Å². The fourth-order valence-electron chi connectivity index (χ4n) is 3.58. The summed E-state index contributed by atoms with van der Waals surface area (Å²) < 4.78 is 15.8. The molecule has 0 saturated carbocycles. The second kappa shape index (κ2) is 7.99. The van der Waals surface area contributed by atoms with Gasteiger partial charge in [-0.05, 0) is 36.8 Å². The summed E-state index contributed by atoms with van der Waals surface area (Å²) in [6.07, 6.45) is 1.74. The van der Waals surface area contributed by atoms with Gasteiger partial charge in [0.15, 0.2) is 0 Å². The Morgan fingerprint density at radius 2 is 1.68 bits per heavy atom. The van der Waals surface area contributed by atoms with E-state index in [2.05, 4.69) is 34.3 Å². The highest BCUT2D eigenvalue weighted by Crippen LogP contribution is 2.25. The molecular weight excluding hydrogens is 389 g/mol. The minimum Gasteiger partial charge on any atom is -0.348 e. The van der Waals surface area contributed by atoms with E-state index in [0.717, 1.165) is 16.6 Å². The van der Waals surface area contributed by atoms with E-state index in [1.807, 2.05) is 59.2 Å². The molecule has 0 amide bonds. The van der Waals surface area contributed by atoms with Gasteiger partial charge in [0.05, 0.1) is 22.8 Å². The molecule has 0 aliphatic carbocycles. The van der Waals surface area contributed by atoms with Gasteiger partial charge in [-0.15, -0.1) is 0 Å². The Kier molecular flexibility index (Phi) is 4.88. The van der Waals surface area contributed by atoms with Crippen molar-refractivity contribution in [2.24, 2.45) is 0 Å². The average molecular weight is 409 g/mol. The predicted molar refractivity (Wildman–Crippen MR) is 121 cm³/mol. The standard InChI is InChI=1S/C25H20FN5/c1-17(18-8-3-2-4-9-18)28-25-29-22(19-10-7-11-20(26)14-19)15-24(30-25)31-16-27-21-12-5-6-13-23(21)31/h2-17H,1H3,(H,28,29,30)/t17-/m0/s1. The van der Waals surface area contributed by atoms with Crippen molar-refractivity contribution in [2.75, 3.05) is 5.32 Å². The zero-order valence-corrected chi connectivity index (χ0v) is 16.9. The Hall–Kier alpha value is -4.06. The molecule has 5 rings (SSSR count). The van der Waals surface area contributed by atoms with Gasteiger partial charge in [0.2, 0.25) is 5.95 Å². The van der Waals surface area contributed by atoms with Gasteiger partial charge in [-0.3, -0.25) is 4.57 Å². The Bertz CT molecular complexity index is 1350. The predicted octanol–water partition coefficient (Wildman–Crippen LogP) is 5.79. The van der Waals surface area contributed by atoms with Crippen LogP contribution in [0.15, 0.2) is 91.3 Å². The molecule has 0 aliphatic rings. The van der Waals surface area contributed by atoms with Crippen molar-refractivity contribution >= 4 is 17.0 Å². The molecule has 0 saturated heterocycles. The van der Waals surface area contributed by atoms with Gasteiger partial charge in [0.1, 0.15) is 18.0 Å². The topological polar surface area (TPSA) is 55.6 Å². The first-order valence-corrected chi connectivity index (χ1v) is 10.1. The monoisotopic (exact) mass is 409 g/mol. The quantitative estimate of drug-likeness (QED) is 0.399. The summed E-state index contributed by atoms with van der Waals surface area (Å²) >= 11 is 0. The maximum Gasteiger partial charge on any atom is 0.225 e. The van der Waals surface area contributed by atoms with Crippen LogP contribution in [0.25, 0.3) is 28.1 Å². The summed E-state index contributed by atoms with van der Waals surface area (Å²) in [5, 5.41) is 3.38. The minimum absolute atomic E-state index is 0.00339. The molecule has 1 N–H and O–H groups in total. The number of hydrogen-bond acceptors (Lipinski definition) is 4. The molecule has 1 atom stereocenters. The number of fused-ring (bicyclic) bond motifs is 1. The molecule has 0 aliphatic heterocycles. The maximum atomic E-state index is 13.9. The normalized spacial score (nSPS) is 12.1. The highest BCUT2D eigenvalue weighted by atomic mass is 19.1. The number of rotatable bonds is 5.